The number of hydrogen-bond donors (Lipinski definition) is 1. The van der Waals surface area contributed by atoms with E-state index in [1.54, 1.807) is 25.3 Å². The van der Waals surface area contributed by atoms with Crippen molar-refractivity contribution in [3.63, 3.8) is 0 Å². The van der Waals surface area contributed by atoms with E-state index < -0.39 is 11.9 Å². The summed E-state index contributed by atoms with van der Waals surface area (Å²) in [7, 11) is 0. The van der Waals surface area contributed by atoms with Gasteiger partial charge in [0.25, 0.3) is 0 Å². The van der Waals surface area contributed by atoms with E-state index >= 15 is 0 Å². The molecule has 1 unspecified atom stereocenters. The van der Waals surface area contributed by atoms with Gasteiger partial charge in [-0.1, -0.05) is 42.2 Å². The van der Waals surface area contributed by atoms with Gasteiger partial charge in [0.1, 0.15) is 0 Å². The first-order valence-electron chi connectivity index (χ1n) is 8.90. The molecular weight excluding hydrogens is 368 g/mol. The van der Waals surface area contributed by atoms with Crippen LogP contribution in [-0.4, -0.2) is 20.7 Å². The van der Waals surface area contributed by atoms with E-state index in [1.165, 1.54) is 23.0 Å². The number of aromatic nitrogens is 2. The Kier molecular flexibility index (Phi) is 4.71. The molecule has 0 aliphatic rings. The highest BCUT2D eigenvalue weighted by atomic mass is 16.4. The number of hydrogen-bond acceptors (Lipinski definition) is 4. The highest BCUT2D eigenvalue weighted by molar-refractivity contribution is 5.87. The van der Waals surface area contributed by atoms with Gasteiger partial charge in [-0.25, -0.2) is 9.31 Å². The van der Waals surface area contributed by atoms with Crippen molar-refractivity contribution in [2.45, 2.75) is 12.8 Å². The molecule has 0 amide bonds. The highest BCUT2D eigenvalue weighted by Gasteiger charge is 2.20. The molecule has 0 bridgehead atoms. The second-order valence-electron chi connectivity index (χ2n) is 6.52. The lowest BCUT2D eigenvalue weighted by molar-refractivity contribution is 0.0697. The van der Waals surface area contributed by atoms with Crippen molar-refractivity contribution in [2.24, 2.45) is 0 Å². The molecule has 0 fully saturated rings. The van der Waals surface area contributed by atoms with E-state index in [4.69, 9.17) is 9.52 Å². The molecule has 2 aromatic carbocycles. The van der Waals surface area contributed by atoms with Crippen LogP contribution in [0, 0.1) is 18.8 Å². The van der Waals surface area contributed by atoms with Gasteiger partial charge in [0.2, 0.25) is 12.1 Å². The molecule has 0 radical (unpaired) electrons. The first kappa shape index (κ1) is 18.3. The van der Waals surface area contributed by atoms with Gasteiger partial charge in [-0.2, -0.15) is 0 Å². The zero-order chi connectivity index (χ0) is 20.4. The lowest BCUT2D eigenvalue weighted by Gasteiger charge is -2.12. The number of rotatable bonds is 3. The number of nitrogens with zero attached hydrogens (tertiary/aromatic N) is 2. The Hall–Kier alpha value is -4.11. The maximum Gasteiger partial charge on any atom is 0.335 e. The Morgan fingerprint density at radius 2 is 1.86 bits per heavy atom. The number of carboxylic acids is 1. The average Bonchev–Trinajstić information content (AvgIpc) is 3.21. The molecule has 6 nitrogen and oxygen atoms in total. The highest BCUT2D eigenvalue weighted by Crippen LogP contribution is 2.24. The van der Waals surface area contributed by atoms with Gasteiger partial charge in [0, 0.05) is 17.3 Å². The molecular formula is C23H16N2O4. The van der Waals surface area contributed by atoms with Crippen molar-refractivity contribution in [3.8, 4) is 11.8 Å². The monoisotopic (exact) mass is 384 g/mol. The fraction of sp³-hybridized carbons (Fsp3) is 0.0870. The first-order valence-corrected chi connectivity index (χ1v) is 8.90. The molecule has 2 heterocycles. The third-order valence-electron chi connectivity index (χ3n) is 4.67. The number of pyridine rings is 1. The zero-order valence-electron chi connectivity index (χ0n) is 15.5. The van der Waals surface area contributed by atoms with Gasteiger partial charge < -0.3 is 9.52 Å². The van der Waals surface area contributed by atoms with E-state index in [-0.39, 0.29) is 11.0 Å². The first-order chi connectivity index (χ1) is 14.0. The van der Waals surface area contributed by atoms with E-state index in [0.717, 1.165) is 11.1 Å². The van der Waals surface area contributed by atoms with E-state index in [2.05, 4.69) is 16.9 Å². The average molecular weight is 384 g/mol. The summed E-state index contributed by atoms with van der Waals surface area (Å²) < 4.78 is 6.80. The summed E-state index contributed by atoms with van der Waals surface area (Å²) >= 11 is 0. The Labute approximate surface area is 166 Å². The van der Waals surface area contributed by atoms with Crippen molar-refractivity contribution in [1.82, 2.24) is 9.61 Å². The summed E-state index contributed by atoms with van der Waals surface area (Å²) in [6.45, 7) is 1.68. The second kappa shape index (κ2) is 7.49. The molecule has 6 heteroatoms. The van der Waals surface area contributed by atoms with Gasteiger partial charge in [0.15, 0.2) is 5.43 Å². The van der Waals surface area contributed by atoms with Crippen molar-refractivity contribution in [1.29, 1.82) is 0 Å². The maximum atomic E-state index is 13.0. The van der Waals surface area contributed by atoms with E-state index in [1.807, 2.05) is 30.3 Å². The Bertz CT molecular complexity index is 1310. The Morgan fingerprint density at radius 3 is 2.55 bits per heavy atom. The van der Waals surface area contributed by atoms with E-state index in [0.29, 0.717) is 16.8 Å². The summed E-state index contributed by atoms with van der Waals surface area (Å²) in [4.78, 5) is 24.2. The second-order valence-corrected chi connectivity index (χ2v) is 6.52. The van der Waals surface area contributed by atoms with Crippen LogP contribution in [0.1, 0.15) is 38.5 Å². The lowest BCUT2D eigenvalue weighted by Crippen LogP contribution is -2.18. The van der Waals surface area contributed by atoms with Gasteiger partial charge in [-0.05, 0) is 36.8 Å². The van der Waals surface area contributed by atoms with Gasteiger partial charge in [0.05, 0.1) is 17.0 Å². The summed E-state index contributed by atoms with van der Waals surface area (Å²) in [6.07, 6.45) is 2.89. The summed E-state index contributed by atoms with van der Waals surface area (Å²) in [5.74, 6) is 4.71. The van der Waals surface area contributed by atoms with Gasteiger partial charge >= 0.3 is 5.97 Å². The Morgan fingerprint density at radius 1 is 1.14 bits per heavy atom. The third-order valence-corrected chi connectivity index (χ3v) is 4.67. The number of carbonyl (C=O) groups is 1. The van der Waals surface area contributed by atoms with Crippen LogP contribution >= 0.6 is 0 Å². The molecule has 0 spiro atoms. The van der Waals surface area contributed by atoms with Crippen molar-refractivity contribution in [3.05, 3.63) is 105 Å². The summed E-state index contributed by atoms with van der Waals surface area (Å²) in [6, 6.07) is 15.8. The molecule has 142 valence electrons. The predicted molar refractivity (Wildman–Crippen MR) is 107 cm³/mol. The minimum absolute atomic E-state index is 0.170. The molecule has 4 rings (SSSR count). The van der Waals surface area contributed by atoms with Crippen LogP contribution < -0.4 is 5.43 Å². The molecule has 1 atom stereocenters. The lowest BCUT2D eigenvalue weighted by atomic mass is 9.91. The van der Waals surface area contributed by atoms with Crippen molar-refractivity contribution < 1.29 is 14.3 Å². The fourth-order valence-corrected chi connectivity index (χ4v) is 3.13. The molecule has 0 aliphatic heterocycles. The van der Waals surface area contributed by atoms with Gasteiger partial charge in [-0.3, -0.25) is 4.79 Å². The number of aryl methyl sites for hydroxylation is 1. The quantitative estimate of drug-likeness (QED) is 0.547. The molecule has 2 aromatic heterocycles. The largest absolute Gasteiger partial charge is 0.478 e. The molecule has 4 aromatic rings. The number of carboxylic acid groups (broad SMARTS) is 1. The summed E-state index contributed by atoms with van der Waals surface area (Å²) in [5, 5.41) is 13.3. The van der Waals surface area contributed by atoms with Crippen LogP contribution in [0.2, 0.25) is 0 Å². The number of fused-ring (bicyclic) bond motifs is 1. The number of aromatic carboxylic acids is 1. The van der Waals surface area contributed by atoms with Crippen LogP contribution in [0.5, 0.6) is 0 Å². The van der Waals surface area contributed by atoms with Crippen LogP contribution in [0.15, 0.2) is 76.4 Å². The molecule has 0 aliphatic carbocycles. The topological polar surface area (TPSA) is 84.8 Å². The third kappa shape index (κ3) is 3.54. The van der Waals surface area contributed by atoms with Crippen molar-refractivity contribution in [2.75, 3.05) is 0 Å². The van der Waals surface area contributed by atoms with Crippen LogP contribution in [-0.2, 0) is 0 Å². The minimum Gasteiger partial charge on any atom is -0.478 e. The number of benzene rings is 2. The zero-order valence-corrected chi connectivity index (χ0v) is 15.5. The molecule has 0 saturated heterocycles. The smallest absolute Gasteiger partial charge is 0.335 e. The maximum absolute atomic E-state index is 13.0. The standard InChI is InChI=1S/C23H16N2O4/c1-15-21(26)20(13-25-22(15)29-14-24-25)19(12-7-16-5-3-2-4-6-16)17-8-10-18(11-9-17)23(27)28/h2-6,8-11,13-14,19H,1H3,(H,27,28). The normalized spacial score (nSPS) is 11.6. The minimum atomic E-state index is -1.01. The van der Waals surface area contributed by atoms with E-state index in [9.17, 15) is 9.59 Å². The van der Waals surface area contributed by atoms with Crippen molar-refractivity contribution >= 4 is 11.7 Å². The SMILES string of the molecule is Cc1c(=O)c(C(C#Cc2ccccc2)c2ccc(C(=O)O)cc2)cn2ncoc12. The molecule has 0 saturated carbocycles. The van der Waals surface area contributed by atoms with Crippen LogP contribution in [0.3, 0.4) is 0 Å². The molecule has 1 N–H and O–H groups in total. The van der Waals surface area contributed by atoms with Gasteiger partial charge in [-0.15, -0.1) is 5.10 Å². The molecule has 29 heavy (non-hydrogen) atoms. The fourth-order valence-electron chi connectivity index (χ4n) is 3.13. The van der Waals surface area contributed by atoms with Crippen LogP contribution in [0.4, 0.5) is 0 Å². The Balaban J connectivity index is 1.89. The van der Waals surface area contributed by atoms with Crippen LogP contribution in [0.25, 0.3) is 5.71 Å². The summed E-state index contributed by atoms with van der Waals surface area (Å²) in [5.41, 5.74) is 2.79. The predicted octanol–water partition coefficient (Wildman–Crippen LogP) is 3.48.